The van der Waals surface area contributed by atoms with E-state index in [1.807, 2.05) is 26.8 Å². The largest absolute Gasteiger partial charge is 0.396 e. The van der Waals surface area contributed by atoms with Crippen molar-refractivity contribution in [3.05, 3.63) is 11.6 Å². The summed E-state index contributed by atoms with van der Waals surface area (Å²) in [5, 5.41) is 9.45. The lowest BCUT2D eigenvalue weighted by Crippen LogP contribution is -2.42. The van der Waals surface area contributed by atoms with Gasteiger partial charge in [0.05, 0.1) is 17.1 Å². The zero-order valence-corrected chi connectivity index (χ0v) is 12.8. The minimum Gasteiger partial charge on any atom is -0.396 e. The van der Waals surface area contributed by atoms with Gasteiger partial charge >= 0.3 is 0 Å². The Morgan fingerprint density at radius 2 is 2.35 bits per heavy atom. The van der Waals surface area contributed by atoms with E-state index in [0.717, 1.165) is 22.5 Å². The summed E-state index contributed by atoms with van der Waals surface area (Å²) in [5.41, 5.74) is 0.408. The Hall–Kier alpha value is 0.160. The summed E-state index contributed by atoms with van der Waals surface area (Å²) in [5.74, 6) is 0.297. The predicted octanol–water partition coefficient (Wildman–Crippen LogP) is 3.13. The molecule has 0 radical (unpaired) electrons. The number of Topliss-reactive ketones (excluding diaryl/α,β-unsaturated/α-hetero) is 1. The molecule has 1 N–H and O–H groups in total. The third kappa shape index (κ3) is 3.34. The van der Waals surface area contributed by atoms with E-state index < -0.39 is 5.41 Å². The van der Waals surface area contributed by atoms with Crippen molar-refractivity contribution in [1.29, 1.82) is 0 Å². The van der Waals surface area contributed by atoms with E-state index in [2.05, 4.69) is 14.8 Å². The average Bonchev–Trinajstić information content (AvgIpc) is 2.29. The highest BCUT2D eigenvalue weighted by Gasteiger charge is 2.43. The molecule has 0 aromatic heterocycles. The Labute approximate surface area is 114 Å². The monoisotopic (exact) mass is 322 g/mol. The molecular weight excluding hydrogens is 304 g/mol. The van der Waals surface area contributed by atoms with Crippen molar-refractivity contribution < 1.29 is 14.1 Å². The molecule has 0 saturated carbocycles. The van der Waals surface area contributed by atoms with Gasteiger partial charge in [0.1, 0.15) is 0 Å². The fraction of sp³-hybridized carbons (Fsp3) is 0.750. The molecular formula is C12H19BrO3S. The first-order valence-corrected chi connectivity index (χ1v) is 8.26. The Bertz CT molecular complexity index is 315. The summed E-state index contributed by atoms with van der Waals surface area (Å²) in [6.07, 6.45) is 2.80. The highest BCUT2D eigenvalue weighted by Crippen LogP contribution is 2.42. The van der Waals surface area contributed by atoms with Gasteiger partial charge in [-0.15, -0.1) is 0 Å². The van der Waals surface area contributed by atoms with Crippen LogP contribution >= 0.6 is 25.3 Å². The molecule has 0 amide bonds. The fourth-order valence-electron chi connectivity index (χ4n) is 2.56. The molecule has 1 rings (SSSR count). The SMILES string of the molecule is CC1=CC[C@@H](C(CO)COSBr)C(C)(C)C1=O. The first kappa shape index (κ1) is 15.2. The molecule has 3 nitrogen and oxygen atoms in total. The van der Waals surface area contributed by atoms with E-state index >= 15 is 0 Å². The lowest BCUT2D eigenvalue weighted by atomic mass is 9.64. The zero-order chi connectivity index (χ0) is 13.1. The van der Waals surface area contributed by atoms with Gasteiger partial charge in [-0.1, -0.05) is 19.9 Å². The van der Waals surface area contributed by atoms with E-state index in [1.165, 1.54) is 0 Å². The number of rotatable bonds is 5. The molecule has 0 aliphatic heterocycles. The van der Waals surface area contributed by atoms with Crippen molar-refractivity contribution >= 4 is 31.1 Å². The number of hydrogen-bond donors (Lipinski definition) is 1. The summed E-state index contributed by atoms with van der Waals surface area (Å²) in [7, 11) is 1.11. The van der Waals surface area contributed by atoms with Gasteiger partial charge < -0.3 is 9.29 Å². The van der Waals surface area contributed by atoms with Gasteiger partial charge in [0.2, 0.25) is 0 Å². The maximum atomic E-state index is 12.1. The number of aliphatic hydroxyl groups excluding tert-OH is 1. The summed E-state index contributed by atoms with van der Waals surface area (Å²) < 4.78 is 5.24. The van der Waals surface area contributed by atoms with Crippen LogP contribution in [0.5, 0.6) is 0 Å². The highest BCUT2D eigenvalue weighted by molar-refractivity contribution is 9.49. The van der Waals surface area contributed by atoms with Crippen LogP contribution in [0.1, 0.15) is 27.2 Å². The van der Waals surface area contributed by atoms with Crippen LogP contribution in [0.3, 0.4) is 0 Å². The molecule has 0 saturated heterocycles. The standard InChI is InChI=1S/C12H19BrO3S/c1-8-4-5-10(12(2,3)11(8)15)9(6-14)7-16-17-13/h4,9-10,14H,5-7H2,1-3H3/t9?,10-/m0/s1. The van der Waals surface area contributed by atoms with Crippen LogP contribution in [0.15, 0.2) is 11.6 Å². The van der Waals surface area contributed by atoms with Gasteiger partial charge in [-0.25, -0.2) is 0 Å². The van der Waals surface area contributed by atoms with Crippen molar-refractivity contribution in [2.75, 3.05) is 13.2 Å². The number of halogens is 1. The molecule has 17 heavy (non-hydrogen) atoms. The van der Waals surface area contributed by atoms with Crippen LogP contribution in [0.4, 0.5) is 0 Å². The maximum Gasteiger partial charge on any atom is 0.164 e. The molecule has 1 aliphatic carbocycles. The lowest BCUT2D eigenvalue weighted by molar-refractivity contribution is -0.128. The molecule has 2 atom stereocenters. The molecule has 0 aromatic carbocycles. The van der Waals surface area contributed by atoms with Crippen molar-refractivity contribution in [2.24, 2.45) is 17.3 Å². The van der Waals surface area contributed by atoms with Gasteiger partial charge in [-0.3, -0.25) is 4.79 Å². The van der Waals surface area contributed by atoms with Crippen molar-refractivity contribution in [2.45, 2.75) is 27.2 Å². The summed E-state index contributed by atoms with van der Waals surface area (Å²) >= 11 is 3.11. The Kier molecular flexibility index (Phi) is 5.70. The quantitative estimate of drug-likeness (QED) is 0.790. The van der Waals surface area contributed by atoms with Crippen LogP contribution in [0.2, 0.25) is 0 Å². The second-order valence-electron chi connectivity index (χ2n) is 5.07. The molecule has 1 unspecified atom stereocenters. The van der Waals surface area contributed by atoms with Gasteiger partial charge in [-0.05, 0) is 24.8 Å². The van der Waals surface area contributed by atoms with Crippen molar-refractivity contribution in [3.63, 3.8) is 0 Å². The highest BCUT2D eigenvalue weighted by atomic mass is 79.9. The van der Waals surface area contributed by atoms with Gasteiger partial charge in [-0.2, -0.15) is 0 Å². The van der Waals surface area contributed by atoms with Gasteiger partial charge in [0.15, 0.2) is 5.78 Å². The zero-order valence-electron chi connectivity index (χ0n) is 10.4. The Morgan fingerprint density at radius 3 is 2.88 bits per heavy atom. The molecule has 0 fully saturated rings. The number of carbonyl (C=O) groups excluding carboxylic acids is 1. The first-order valence-electron chi connectivity index (χ1n) is 5.67. The first-order chi connectivity index (χ1) is 7.95. The molecule has 98 valence electrons. The maximum absolute atomic E-state index is 12.1. The minimum absolute atomic E-state index is 0.0108. The molecule has 0 bridgehead atoms. The third-order valence-electron chi connectivity index (χ3n) is 3.68. The summed E-state index contributed by atoms with van der Waals surface area (Å²) in [6.45, 7) is 6.27. The molecule has 1 aliphatic rings. The smallest absolute Gasteiger partial charge is 0.164 e. The fourth-order valence-corrected chi connectivity index (χ4v) is 3.11. The number of carbonyl (C=O) groups is 1. The predicted molar refractivity (Wildman–Crippen MR) is 73.7 cm³/mol. The number of allylic oxidation sites excluding steroid dienone is 2. The van der Waals surface area contributed by atoms with Gasteiger partial charge in [0.25, 0.3) is 0 Å². The van der Waals surface area contributed by atoms with Crippen molar-refractivity contribution in [3.8, 4) is 0 Å². The van der Waals surface area contributed by atoms with Gasteiger partial charge in [0, 0.05) is 32.8 Å². The average molecular weight is 323 g/mol. The second kappa shape index (κ2) is 6.36. The topological polar surface area (TPSA) is 46.5 Å². The number of aliphatic hydroxyl groups is 1. The number of hydrogen-bond acceptors (Lipinski definition) is 4. The Balaban J connectivity index is 2.85. The second-order valence-corrected chi connectivity index (χ2v) is 6.22. The van der Waals surface area contributed by atoms with Crippen molar-refractivity contribution in [1.82, 2.24) is 0 Å². The molecule has 0 spiro atoms. The van der Waals surface area contributed by atoms with Crippen LogP contribution in [0, 0.1) is 17.3 Å². The molecule has 0 heterocycles. The van der Waals surface area contributed by atoms with E-state index in [9.17, 15) is 9.90 Å². The molecule has 0 aromatic rings. The number of ketones is 1. The third-order valence-corrected chi connectivity index (χ3v) is 4.46. The van der Waals surface area contributed by atoms with E-state index in [4.69, 9.17) is 4.18 Å². The van der Waals surface area contributed by atoms with E-state index in [0.29, 0.717) is 6.61 Å². The lowest BCUT2D eigenvalue weighted by Gasteiger charge is -2.40. The molecule has 5 heteroatoms. The van der Waals surface area contributed by atoms with Crippen LogP contribution in [0.25, 0.3) is 0 Å². The summed E-state index contributed by atoms with van der Waals surface area (Å²) in [6, 6.07) is 0. The van der Waals surface area contributed by atoms with Crippen LogP contribution in [-0.2, 0) is 8.98 Å². The van der Waals surface area contributed by atoms with E-state index in [1.54, 1.807) is 0 Å². The van der Waals surface area contributed by atoms with E-state index in [-0.39, 0.29) is 24.2 Å². The normalized spacial score (nSPS) is 25.6. The Morgan fingerprint density at radius 1 is 1.71 bits per heavy atom. The van der Waals surface area contributed by atoms with Crippen LogP contribution < -0.4 is 0 Å². The van der Waals surface area contributed by atoms with Crippen LogP contribution in [-0.4, -0.2) is 24.1 Å². The summed E-state index contributed by atoms with van der Waals surface area (Å²) in [4.78, 5) is 12.1. The minimum atomic E-state index is -0.424.